The van der Waals surface area contributed by atoms with Crippen molar-refractivity contribution in [2.24, 2.45) is 0 Å². The lowest BCUT2D eigenvalue weighted by Crippen LogP contribution is -2.44. The largest absolute Gasteiger partial charge is 0.480 e. The molecule has 1 aromatic carbocycles. The first kappa shape index (κ1) is 14.8. The van der Waals surface area contributed by atoms with Crippen LogP contribution in [-0.2, 0) is 9.59 Å². The molecule has 7 heteroatoms. The number of nitrogens with zero attached hydrogens (tertiary/aromatic N) is 1. The quantitative estimate of drug-likeness (QED) is 0.753. The van der Waals surface area contributed by atoms with E-state index in [-0.39, 0.29) is 11.6 Å². The van der Waals surface area contributed by atoms with Crippen LogP contribution in [-0.4, -0.2) is 29.6 Å². The lowest BCUT2D eigenvalue weighted by Gasteiger charge is -2.15. The molecule has 1 amide bonds. The first-order chi connectivity index (χ1) is 8.93. The van der Waals surface area contributed by atoms with Crippen LogP contribution in [0.15, 0.2) is 18.2 Å². The van der Waals surface area contributed by atoms with Gasteiger partial charge >= 0.3 is 5.97 Å². The molecular weight excluding hydrogens is 270 g/mol. The number of benzene rings is 1. The van der Waals surface area contributed by atoms with Gasteiger partial charge in [-0.3, -0.25) is 4.79 Å². The van der Waals surface area contributed by atoms with Crippen molar-refractivity contribution in [3.8, 4) is 6.07 Å². The highest BCUT2D eigenvalue weighted by Gasteiger charge is 2.17. The lowest BCUT2D eigenvalue weighted by atomic mass is 10.2. The average molecular weight is 282 g/mol. The fourth-order valence-corrected chi connectivity index (χ4v) is 1.60. The Hall–Kier alpha value is -2.26. The van der Waals surface area contributed by atoms with Crippen LogP contribution in [0.2, 0.25) is 5.02 Å². The molecular formula is C12H12ClN3O3. The fourth-order valence-electron chi connectivity index (χ4n) is 1.38. The Morgan fingerprint density at radius 3 is 2.68 bits per heavy atom. The Labute approximate surface area is 115 Å². The molecule has 0 bridgehead atoms. The van der Waals surface area contributed by atoms with E-state index in [1.165, 1.54) is 19.1 Å². The third kappa shape index (κ3) is 4.48. The molecule has 0 radical (unpaired) electrons. The van der Waals surface area contributed by atoms with Gasteiger partial charge in [0.15, 0.2) is 0 Å². The third-order valence-electron chi connectivity index (χ3n) is 2.28. The van der Waals surface area contributed by atoms with Crippen molar-refractivity contribution < 1.29 is 14.7 Å². The van der Waals surface area contributed by atoms with Gasteiger partial charge in [-0.05, 0) is 18.2 Å². The molecule has 19 heavy (non-hydrogen) atoms. The van der Waals surface area contributed by atoms with Crippen LogP contribution < -0.4 is 10.6 Å². The number of anilines is 1. The van der Waals surface area contributed by atoms with E-state index in [0.717, 1.165) is 0 Å². The summed E-state index contributed by atoms with van der Waals surface area (Å²) in [5, 5.41) is 23.0. The molecule has 1 aromatic rings. The highest BCUT2D eigenvalue weighted by Crippen LogP contribution is 2.20. The summed E-state index contributed by atoms with van der Waals surface area (Å²) in [6, 6.07) is 5.54. The number of aliphatic carboxylic acids is 1. The summed E-state index contributed by atoms with van der Waals surface area (Å²) in [4.78, 5) is 21.7. The second-order valence-corrected chi connectivity index (χ2v) is 4.19. The van der Waals surface area contributed by atoms with Crippen molar-refractivity contribution in [2.45, 2.75) is 13.0 Å². The fraction of sp³-hybridized carbons (Fsp3) is 0.250. The van der Waals surface area contributed by atoms with Crippen molar-refractivity contribution >= 4 is 29.2 Å². The maximum atomic E-state index is 10.9. The van der Waals surface area contributed by atoms with Gasteiger partial charge in [0.2, 0.25) is 5.91 Å². The van der Waals surface area contributed by atoms with Crippen molar-refractivity contribution in [1.29, 1.82) is 5.26 Å². The molecule has 1 rings (SSSR count). The van der Waals surface area contributed by atoms with Gasteiger partial charge < -0.3 is 15.7 Å². The van der Waals surface area contributed by atoms with Crippen molar-refractivity contribution in [3.05, 3.63) is 28.8 Å². The Kier molecular flexibility index (Phi) is 5.15. The maximum absolute atomic E-state index is 10.9. The van der Waals surface area contributed by atoms with Crippen LogP contribution in [0.4, 0.5) is 5.69 Å². The Morgan fingerprint density at radius 2 is 2.21 bits per heavy atom. The summed E-state index contributed by atoms with van der Waals surface area (Å²) in [5.41, 5.74) is 0.907. The lowest BCUT2D eigenvalue weighted by molar-refractivity contribution is -0.141. The van der Waals surface area contributed by atoms with Gasteiger partial charge in [-0.2, -0.15) is 5.26 Å². The van der Waals surface area contributed by atoms with Crippen LogP contribution >= 0.6 is 11.6 Å². The van der Waals surface area contributed by atoms with E-state index in [1.807, 2.05) is 6.07 Å². The molecule has 0 aliphatic rings. The maximum Gasteiger partial charge on any atom is 0.328 e. The molecule has 0 saturated heterocycles. The number of hydrogen-bond acceptors (Lipinski definition) is 4. The van der Waals surface area contributed by atoms with Crippen LogP contribution in [0, 0.1) is 11.3 Å². The molecule has 0 aromatic heterocycles. The van der Waals surface area contributed by atoms with Crippen LogP contribution in [0.25, 0.3) is 0 Å². The Balaban J connectivity index is 2.69. The number of carboxylic acid groups (broad SMARTS) is 1. The zero-order valence-electron chi connectivity index (χ0n) is 10.1. The van der Waals surface area contributed by atoms with Crippen LogP contribution in [0.5, 0.6) is 0 Å². The Bertz CT molecular complexity index is 540. The highest BCUT2D eigenvalue weighted by atomic mass is 35.5. The summed E-state index contributed by atoms with van der Waals surface area (Å²) in [7, 11) is 0. The van der Waals surface area contributed by atoms with Crippen LogP contribution in [0.1, 0.15) is 12.5 Å². The Morgan fingerprint density at radius 1 is 1.53 bits per heavy atom. The first-order valence-electron chi connectivity index (χ1n) is 5.37. The minimum absolute atomic E-state index is 0.0111. The predicted octanol–water partition coefficient (Wildman–Crippen LogP) is 1.21. The number of carbonyl (C=O) groups excluding carboxylic acids is 1. The number of rotatable bonds is 5. The first-order valence-corrected chi connectivity index (χ1v) is 5.75. The molecule has 0 heterocycles. The molecule has 0 aliphatic heterocycles. The van der Waals surface area contributed by atoms with E-state index in [0.29, 0.717) is 11.3 Å². The second kappa shape index (κ2) is 6.61. The van der Waals surface area contributed by atoms with Gasteiger partial charge in [0.25, 0.3) is 0 Å². The minimum atomic E-state index is -1.14. The highest BCUT2D eigenvalue weighted by molar-refractivity contribution is 6.32. The smallest absolute Gasteiger partial charge is 0.328 e. The standard InChI is InChI=1S/C12H12ClN3O3/c1-7(17)16-11(12(18)19)6-15-9-3-2-8(5-14)10(13)4-9/h2-4,11,15H,6H2,1H3,(H,16,17)(H,18,19). The summed E-state index contributed by atoms with van der Waals surface area (Å²) in [6.45, 7) is 1.26. The van der Waals surface area contributed by atoms with Crippen molar-refractivity contribution in [3.63, 3.8) is 0 Å². The minimum Gasteiger partial charge on any atom is -0.480 e. The van der Waals surface area contributed by atoms with Gasteiger partial charge in [-0.15, -0.1) is 0 Å². The van der Waals surface area contributed by atoms with E-state index in [1.54, 1.807) is 6.07 Å². The number of hydrogen-bond donors (Lipinski definition) is 3. The number of carboxylic acids is 1. The monoisotopic (exact) mass is 281 g/mol. The third-order valence-corrected chi connectivity index (χ3v) is 2.59. The van der Waals surface area contributed by atoms with E-state index in [4.69, 9.17) is 22.0 Å². The second-order valence-electron chi connectivity index (χ2n) is 3.78. The molecule has 0 saturated carbocycles. The zero-order chi connectivity index (χ0) is 14.4. The number of carbonyl (C=O) groups is 2. The van der Waals surface area contributed by atoms with Gasteiger partial charge in [0.05, 0.1) is 10.6 Å². The molecule has 1 unspecified atom stereocenters. The van der Waals surface area contributed by atoms with E-state index < -0.39 is 17.9 Å². The SMILES string of the molecule is CC(=O)NC(CNc1ccc(C#N)c(Cl)c1)C(=O)O. The molecule has 0 aliphatic carbocycles. The van der Waals surface area contributed by atoms with E-state index >= 15 is 0 Å². The molecule has 6 nitrogen and oxygen atoms in total. The summed E-state index contributed by atoms with van der Waals surface area (Å²) < 4.78 is 0. The van der Waals surface area contributed by atoms with E-state index in [9.17, 15) is 9.59 Å². The predicted molar refractivity (Wildman–Crippen MR) is 69.9 cm³/mol. The average Bonchev–Trinajstić information content (AvgIpc) is 2.34. The summed E-state index contributed by atoms with van der Waals surface area (Å²) in [5.74, 6) is -1.56. The molecule has 0 fully saturated rings. The van der Waals surface area contributed by atoms with Gasteiger partial charge in [0.1, 0.15) is 12.1 Å². The number of halogens is 1. The van der Waals surface area contributed by atoms with Gasteiger partial charge in [-0.25, -0.2) is 4.79 Å². The zero-order valence-corrected chi connectivity index (χ0v) is 10.9. The number of nitrogens with one attached hydrogen (secondary N) is 2. The van der Waals surface area contributed by atoms with Gasteiger partial charge in [0, 0.05) is 19.2 Å². The molecule has 3 N–H and O–H groups in total. The van der Waals surface area contributed by atoms with Crippen LogP contribution in [0.3, 0.4) is 0 Å². The number of amides is 1. The summed E-state index contributed by atoms with van der Waals surface area (Å²) >= 11 is 5.84. The number of nitriles is 1. The van der Waals surface area contributed by atoms with Gasteiger partial charge in [-0.1, -0.05) is 11.6 Å². The van der Waals surface area contributed by atoms with E-state index in [2.05, 4.69) is 10.6 Å². The van der Waals surface area contributed by atoms with Crippen molar-refractivity contribution in [1.82, 2.24) is 5.32 Å². The normalized spacial score (nSPS) is 11.2. The molecule has 100 valence electrons. The van der Waals surface area contributed by atoms with Crippen molar-refractivity contribution in [2.75, 3.05) is 11.9 Å². The summed E-state index contributed by atoms with van der Waals surface area (Å²) in [6.07, 6.45) is 0. The molecule has 0 spiro atoms. The topological polar surface area (TPSA) is 102 Å². The molecule has 1 atom stereocenters.